The van der Waals surface area contributed by atoms with E-state index in [1.807, 2.05) is 0 Å². The maximum atomic E-state index is 11.9. The summed E-state index contributed by atoms with van der Waals surface area (Å²) in [5.41, 5.74) is 0.551. The predicted octanol–water partition coefficient (Wildman–Crippen LogP) is 2.36. The lowest BCUT2D eigenvalue weighted by Gasteiger charge is -2.12. The van der Waals surface area contributed by atoms with Crippen molar-refractivity contribution in [1.29, 1.82) is 0 Å². The van der Waals surface area contributed by atoms with E-state index in [2.05, 4.69) is 27.9 Å². The molecule has 1 heterocycles. The summed E-state index contributed by atoms with van der Waals surface area (Å²) in [5.74, 6) is 0.524. The fraction of sp³-hybridized carbons (Fsp3) is 0.500. The van der Waals surface area contributed by atoms with Gasteiger partial charge in [-0.3, -0.25) is 0 Å². The zero-order valence-corrected chi connectivity index (χ0v) is 9.08. The summed E-state index contributed by atoms with van der Waals surface area (Å²) < 4.78 is 35.8. The monoisotopic (exact) mass is 237 g/mol. The minimum Gasteiger partial charge on any atom is -0.360 e. The van der Waals surface area contributed by atoms with Crippen LogP contribution in [0.2, 0.25) is 0 Å². The van der Waals surface area contributed by atoms with Crippen LogP contribution in [0.5, 0.6) is 0 Å². The van der Waals surface area contributed by atoms with Crippen LogP contribution >= 0.6 is 12.6 Å². The van der Waals surface area contributed by atoms with Crippen molar-refractivity contribution in [2.24, 2.45) is 0 Å². The molecule has 0 aromatic carbocycles. The number of rotatable bonds is 2. The van der Waals surface area contributed by atoms with E-state index in [9.17, 15) is 13.2 Å². The van der Waals surface area contributed by atoms with Crippen LogP contribution in [0, 0.1) is 13.8 Å². The van der Waals surface area contributed by atoms with Gasteiger partial charge >= 0.3 is 6.18 Å². The molecule has 0 atom stereocenters. The van der Waals surface area contributed by atoms with Crippen molar-refractivity contribution in [3.8, 4) is 0 Å². The van der Waals surface area contributed by atoms with Gasteiger partial charge in [-0.1, -0.05) is 0 Å². The van der Waals surface area contributed by atoms with Gasteiger partial charge in [0.1, 0.15) is 18.2 Å². The van der Waals surface area contributed by atoms with Crippen LogP contribution in [-0.4, -0.2) is 22.7 Å². The molecular weight excluding hydrogens is 227 g/mol. The van der Waals surface area contributed by atoms with Crippen LogP contribution in [-0.2, 0) is 0 Å². The number of nitrogens with zero attached hydrogens (tertiary/aromatic N) is 2. The van der Waals surface area contributed by atoms with Crippen LogP contribution in [0.4, 0.5) is 19.0 Å². The summed E-state index contributed by atoms with van der Waals surface area (Å²) in [6.45, 7) is 2.14. The SMILES string of the molecule is Cc1nc(C)c(S)c(NCC(F)(F)F)n1. The molecule has 1 aromatic heterocycles. The lowest BCUT2D eigenvalue weighted by Crippen LogP contribution is -2.22. The number of aromatic nitrogens is 2. The maximum absolute atomic E-state index is 11.9. The lowest BCUT2D eigenvalue weighted by atomic mass is 10.4. The molecule has 3 nitrogen and oxygen atoms in total. The van der Waals surface area contributed by atoms with Gasteiger partial charge in [0.15, 0.2) is 0 Å². The Morgan fingerprint density at radius 1 is 1.27 bits per heavy atom. The topological polar surface area (TPSA) is 37.8 Å². The van der Waals surface area contributed by atoms with E-state index in [0.717, 1.165) is 0 Å². The van der Waals surface area contributed by atoms with Gasteiger partial charge in [0.25, 0.3) is 0 Å². The molecule has 0 saturated heterocycles. The highest BCUT2D eigenvalue weighted by Gasteiger charge is 2.27. The number of hydrogen-bond acceptors (Lipinski definition) is 4. The van der Waals surface area contributed by atoms with Crippen molar-refractivity contribution in [1.82, 2.24) is 9.97 Å². The van der Waals surface area contributed by atoms with E-state index in [1.54, 1.807) is 13.8 Å². The van der Waals surface area contributed by atoms with Crippen LogP contribution in [0.3, 0.4) is 0 Å². The van der Waals surface area contributed by atoms with Crippen molar-refractivity contribution in [2.75, 3.05) is 11.9 Å². The van der Waals surface area contributed by atoms with E-state index in [-0.39, 0.29) is 5.82 Å². The summed E-state index contributed by atoms with van der Waals surface area (Å²) in [7, 11) is 0. The number of nitrogens with one attached hydrogen (secondary N) is 1. The number of aryl methyl sites for hydroxylation is 2. The van der Waals surface area contributed by atoms with Crippen molar-refractivity contribution in [3.05, 3.63) is 11.5 Å². The molecule has 0 aliphatic heterocycles. The number of hydrogen-bond donors (Lipinski definition) is 2. The Bertz CT molecular complexity index is 365. The van der Waals surface area contributed by atoms with Crippen LogP contribution in [0.1, 0.15) is 11.5 Å². The quantitative estimate of drug-likeness (QED) is 0.775. The Labute approximate surface area is 90.5 Å². The Morgan fingerprint density at radius 2 is 1.87 bits per heavy atom. The summed E-state index contributed by atoms with van der Waals surface area (Å²) in [4.78, 5) is 8.15. The molecule has 0 fully saturated rings. The molecule has 0 saturated carbocycles. The van der Waals surface area contributed by atoms with E-state index >= 15 is 0 Å². The molecule has 1 aromatic rings. The number of anilines is 1. The van der Waals surface area contributed by atoms with Crippen molar-refractivity contribution >= 4 is 18.4 Å². The van der Waals surface area contributed by atoms with E-state index in [4.69, 9.17) is 0 Å². The van der Waals surface area contributed by atoms with Gasteiger partial charge in [0.2, 0.25) is 0 Å². The van der Waals surface area contributed by atoms with Gasteiger partial charge in [-0.05, 0) is 13.8 Å². The highest BCUT2D eigenvalue weighted by Crippen LogP contribution is 2.22. The van der Waals surface area contributed by atoms with Gasteiger partial charge in [-0.15, -0.1) is 12.6 Å². The molecular formula is C8H10F3N3S. The van der Waals surface area contributed by atoms with Gasteiger partial charge in [0, 0.05) is 0 Å². The third-order valence-corrected chi connectivity index (χ3v) is 2.16. The van der Waals surface area contributed by atoms with Crippen molar-refractivity contribution in [3.63, 3.8) is 0 Å². The van der Waals surface area contributed by atoms with Crippen molar-refractivity contribution in [2.45, 2.75) is 24.9 Å². The van der Waals surface area contributed by atoms with Gasteiger partial charge < -0.3 is 5.32 Å². The molecule has 0 radical (unpaired) electrons. The molecule has 0 aliphatic carbocycles. The molecule has 1 N–H and O–H groups in total. The molecule has 7 heteroatoms. The smallest absolute Gasteiger partial charge is 0.360 e. The van der Waals surface area contributed by atoms with Gasteiger partial charge in [-0.25, -0.2) is 9.97 Å². The summed E-state index contributed by atoms with van der Waals surface area (Å²) >= 11 is 4.03. The predicted molar refractivity (Wildman–Crippen MR) is 53.3 cm³/mol. The normalized spacial score (nSPS) is 11.6. The first-order valence-corrected chi connectivity index (χ1v) is 4.59. The number of thiol groups is 1. The average Bonchev–Trinajstić information content (AvgIpc) is 2.07. The molecule has 84 valence electrons. The summed E-state index contributed by atoms with van der Waals surface area (Å²) in [5, 5.41) is 2.18. The molecule has 0 bridgehead atoms. The van der Waals surface area contributed by atoms with Crippen molar-refractivity contribution < 1.29 is 13.2 Å². The minimum absolute atomic E-state index is 0.112. The lowest BCUT2D eigenvalue weighted by molar-refractivity contribution is -0.115. The first-order chi connectivity index (χ1) is 6.79. The second-order valence-electron chi connectivity index (χ2n) is 3.02. The second kappa shape index (κ2) is 4.26. The molecule has 0 aliphatic rings. The standard InChI is InChI=1S/C8H10F3N3S/c1-4-6(15)7(14-5(2)13-4)12-3-8(9,10)11/h15H,3H2,1-2H3,(H,12,13,14). The Morgan fingerprint density at radius 3 is 2.40 bits per heavy atom. The van der Waals surface area contributed by atoms with E-state index < -0.39 is 12.7 Å². The largest absolute Gasteiger partial charge is 0.405 e. The summed E-state index contributed by atoms with van der Waals surface area (Å²) in [6.07, 6.45) is -4.27. The van der Waals surface area contributed by atoms with E-state index in [0.29, 0.717) is 16.4 Å². The minimum atomic E-state index is -4.27. The highest BCUT2D eigenvalue weighted by atomic mass is 32.1. The van der Waals surface area contributed by atoms with Gasteiger partial charge in [0.05, 0.1) is 10.6 Å². The fourth-order valence-electron chi connectivity index (χ4n) is 1.01. The fourth-order valence-corrected chi connectivity index (χ4v) is 1.19. The third kappa shape index (κ3) is 3.58. The molecule has 0 unspecified atom stereocenters. The van der Waals surface area contributed by atoms with Crippen LogP contribution < -0.4 is 5.32 Å². The Hall–Kier alpha value is -0.980. The van der Waals surface area contributed by atoms with E-state index in [1.165, 1.54) is 0 Å². The third-order valence-electron chi connectivity index (χ3n) is 1.63. The molecule has 0 amide bonds. The molecule has 1 rings (SSSR count). The number of halogens is 3. The maximum Gasteiger partial charge on any atom is 0.405 e. The first kappa shape index (κ1) is 12.1. The first-order valence-electron chi connectivity index (χ1n) is 4.14. The average molecular weight is 237 g/mol. The zero-order chi connectivity index (χ0) is 11.6. The molecule has 15 heavy (non-hydrogen) atoms. The second-order valence-corrected chi connectivity index (χ2v) is 3.47. The van der Waals surface area contributed by atoms with Crippen LogP contribution in [0.15, 0.2) is 4.90 Å². The highest BCUT2D eigenvalue weighted by molar-refractivity contribution is 7.80. The number of alkyl halides is 3. The molecule has 0 spiro atoms. The summed E-state index contributed by atoms with van der Waals surface area (Å²) in [6, 6.07) is 0. The van der Waals surface area contributed by atoms with Crippen LogP contribution in [0.25, 0.3) is 0 Å². The Balaban J connectivity index is 2.86. The zero-order valence-electron chi connectivity index (χ0n) is 8.18. The Kier molecular flexibility index (Phi) is 3.43. The van der Waals surface area contributed by atoms with Gasteiger partial charge in [-0.2, -0.15) is 13.2 Å².